The van der Waals surface area contributed by atoms with E-state index in [-0.39, 0.29) is 21.9 Å². The van der Waals surface area contributed by atoms with Gasteiger partial charge in [0.05, 0.1) is 10.5 Å². The normalized spacial score (nSPS) is 10.0. The molecule has 25 heavy (non-hydrogen) atoms. The molecular weight excluding hydrogens is 360 g/mol. The van der Waals surface area contributed by atoms with Crippen molar-refractivity contribution in [1.29, 1.82) is 5.26 Å². The Morgan fingerprint density at radius 3 is 2.60 bits per heavy atom. The van der Waals surface area contributed by atoms with Gasteiger partial charge in [-0.2, -0.15) is 5.26 Å². The molecule has 1 aromatic heterocycles. The molecule has 1 amide bonds. The topological polar surface area (TPSA) is 108 Å². The Balaban J connectivity index is 2.18. The summed E-state index contributed by atoms with van der Waals surface area (Å²) in [6, 6.07) is 6.36. The molecule has 0 aliphatic rings. The van der Waals surface area contributed by atoms with Gasteiger partial charge in [0.1, 0.15) is 11.1 Å². The number of benzene rings is 1. The zero-order valence-corrected chi connectivity index (χ0v) is 15.3. The van der Waals surface area contributed by atoms with E-state index in [1.54, 1.807) is 0 Å². The van der Waals surface area contributed by atoms with Crippen LogP contribution in [0.5, 0.6) is 0 Å². The minimum absolute atomic E-state index is 0.0219. The molecule has 2 aromatic rings. The highest BCUT2D eigenvalue weighted by Gasteiger charge is 2.19. The average Bonchev–Trinajstić information content (AvgIpc) is 2.80. The Hall–Kier alpha value is -2.83. The first kappa shape index (κ1) is 18.5. The predicted octanol–water partition coefficient (Wildman–Crippen LogP) is 3.58. The molecule has 0 aliphatic carbocycles. The van der Waals surface area contributed by atoms with Gasteiger partial charge in [-0.3, -0.25) is 20.2 Å². The molecule has 2 rings (SSSR count). The summed E-state index contributed by atoms with van der Waals surface area (Å²) in [4.78, 5) is 23.7. The van der Waals surface area contributed by atoms with E-state index >= 15 is 0 Å². The molecule has 0 saturated heterocycles. The molecule has 2 N–H and O–H groups in total. The number of rotatable bonds is 3. The number of nitro benzene ring substituents is 1. The Kier molecular flexibility index (Phi) is 5.46. The van der Waals surface area contributed by atoms with Crippen LogP contribution >= 0.6 is 23.6 Å². The van der Waals surface area contributed by atoms with Crippen molar-refractivity contribution in [3.63, 3.8) is 0 Å². The van der Waals surface area contributed by atoms with Crippen LogP contribution in [0.4, 0.5) is 10.7 Å². The molecule has 0 radical (unpaired) electrons. The number of nitriles is 1. The molecule has 9 heteroatoms. The SMILES string of the molecule is Cc1sc(NC(=S)NC(=O)c2cccc([N+](=O)[O-])c2C)c(C#N)c1C. The lowest BCUT2D eigenvalue weighted by molar-refractivity contribution is -0.385. The molecule has 0 bridgehead atoms. The number of carbonyl (C=O) groups excluding carboxylic acids is 1. The van der Waals surface area contributed by atoms with Crippen LogP contribution in [-0.2, 0) is 0 Å². The van der Waals surface area contributed by atoms with Crippen LogP contribution in [0.1, 0.15) is 31.9 Å². The maximum Gasteiger partial charge on any atom is 0.273 e. The van der Waals surface area contributed by atoms with Gasteiger partial charge in [-0.25, -0.2) is 0 Å². The van der Waals surface area contributed by atoms with Crippen molar-refractivity contribution >= 4 is 45.3 Å². The lowest BCUT2D eigenvalue weighted by atomic mass is 10.1. The van der Waals surface area contributed by atoms with E-state index in [1.165, 1.54) is 36.5 Å². The maximum absolute atomic E-state index is 12.3. The second-order valence-electron chi connectivity index (χ2n) is 5.21. The third kappa shape index (κ3) is 3.81. The predicted molar refractivity (Wildman–Crippen MR) is 100 cm³/mol. The van der Waals surface area contributed by atoms with Gasteiger partial charge in [0.2, 0.25) is 0 Å². The van der Waals surface area contributed by atoms with E-state index in [2.05, 4.69) is 16.7 Å². The monoisotopic (exact) mass is 374 g/mol. The minimum atomic E-state index is -0.554. The molecule has 7 nitrogen and oxygen atoms in total. The summed E-state index contributed by atoms with van der Waals surface area (Å²) in [5, 5.41) is 26.1. The Bertz CT molecular complexity index is 928. The third-order valence-electron chi connectivity index (χ3n) is 3.70. The van der Waals surface area contributed by atoms with Crippen molar-refractivity contribution < 1.29 is 9.72 Å². The summed E-state index contributed by atoms with van der Waals surface area (Å²) in [7, 11) is 0. The fourth-order valence-electron chi connectivity index (χ4n) is 2.22. The van der Waals surface area contributed by atoms with Crippen LogP contribution in [0.3, 0.4) is 0 Å². The number of nitrogens with one attached hydrogen (secondary N) is 2. The van der Waals surface area contributed by atoms with Gasteiger partial charge in [-0.1, -0.05) is 6.07 Å². The van der Waals surface area contributed by atoms with Crippen molar-refractivity contribution in [1.82, 2.24) is 5.32 Å². The molecule has 0 aliphatic heterocycles. The second kappa shape index (κ2) is 7.38. The third-order valence-corrected chi connectivity index (χ3v) is 5.02. The highest BCUT2D eigenvalue weighted by molar-refractivity contribution is 7.80. The van der Waals surface area contributed by atoms with Gasteiger partial charge in [0.15, 0.2) is 5.11 Å². The fourth-order valence-corrected chi connectivity index (χ4v) is 3.50. The van der Waals surface area contributed by atoms with E-state index in [1.807, 2.05) is 13.8 Å². The number of amides is 1. The van der Waals surface area contributed by atoms with Gasteiger partial charge in [0.25, 0.3) is 11.6 Å². The fraction of sp³-hybridized carbons (Fsp3) is 0.188. The van der Waals surface area contributed by atoms with Gasteiger partial charge >= 0.3 is 0 Å². The highest BCUT2D eigenvalue weighted by Crippen LogP contribution is 2.31. The number of thiophene rings is 1. The quantitative estimate of drug-likeness (QED) is 0.483. The van der Waals surface area contributed by atoms with Crippen LogP contribution in [0.25, 0.3) is 0 Å². The Morgan fingerprint density at radius 1 is 1.32 bits per heavy atom. The first-order valence-electron chi connectivity index (χ1n) is 7.12. The lowest BCUT2D eigenvalue weighted by Crippen LogP contribution is -2.34. The van der Waals surface area contributed by atoms with Gasteiger partial charge in [-0.05, 0) is 44.6 Å². The molecule has 0 atom stereocenters. The summed E-state index contributed by atoms with van der Waals surface area (Å²) in [6.07, 6.45) is 0. The number of nitrogens with zero attached hydrogens (tertiary/aromatic N) is 2. The molecule has 0 unspecified atom stereocenters. The number of anilines is 1. The van der Waals surface area contributed by atoms with Gasteiger partial charge in [-0.15, -0.1) is 11.3 Å². The molecule has 1 aromatic carbocycles. The molecule has 1 heterocycles. The van der Waals surface area contributed by atoms with E-state index in [4.69, 9.17) is 12.2 Å². The van der Waals surface area contributed by atoms with Crippen LogP contribution in [-0.4, -0.2) is 15.9 Å². The summed E-state index contributed by atoms with van der Waals surface area (Å²) in [6.45, 7) is 5.23. The van der Waals surface area contributed by atoms with Crippen LogP contribution in [0.15, 0.2) is 18.2 Å². The van der Waals surface area contributed by atoms with Crippen LogP contribution < -0.4 is 10.6 Å². The largest absolute Gasteiger partial charge is 0.323 e. The summed E-state index contributed by atoms with van der Waals surface area (Å²) >= 11 is 6.48. The summed E-state index contributed by atoms with van der Waals surface area (Å²) in [5.74, 6) is -0.554. The summed E-state index contributed by atoms with van der Waals surface area (Å²) < 4.78 is 0. The van der Waals surface area contributed by atoms with Gasteiger partial charge < -0.3 is 5.32 Å². The molecule has 0 fully saturated rings. The van der Waals surface area contributed by atoms with E-state index < -0.39 is 10.8 Å². The Morgan fingerprint density at radius 2 is 2.00 bits per heavy atom. The zero-order valence-electron chi connectivity index (χ0n) is 13.7. The van der Waals surface area contributed by atoms with Crippen molar-refractivity contribution in [3.8, 4) is 6.07 Å². The summed E-state index contributed by atoms with van der Waals surface area (Å²) in [5.41, 5.74) is 1.62. The first-order chi connectivity index (χ1) is 11.8. The van der Waals surface area contributed by atoms with Crippen molar-refractivity contribution in [3.05, 3.63) is 55.4 Å². The van der Waals surface area contributed by atoms with Crippen LogP contribution in [0, 0.1) is 42.2 Å². The first-order valence-corrected chi connectivity index (χ1v) is 8.35. The second-order valence-corrected chi connectivity index (χ2v) is 6.85. The number of nitro groups is 1. The standard InChI is InChI=1S/C16H14N4O3S2/c1-8-10(3)25-15(12(8)7-17)19-16(24)18-14(21)11-5-4-6-13(9(11)2)20(22)23/h4-6H,1-3H3,(H2,18,19,21,24). The smallest absolute Gasteiger partial charge is 0.273 e. The lowest BCUT2D eigenvalue weighted by Gasteiger charge is -2.10. The van der Waals surface area contributed by atoms with Gasteiger partial charge in [0, 0.05) is 22.1 Å². The highest BCUT2D eigenvalue weighted by atomic mass is 32.1. The number of thiocarbonyl (C=S) groups is 1. The Labute approximate surface area is 153 Å². The number of aryl methyl sites for hydroxylation is 1. The number of carbonyl (C=O) groups is 1. The number of hydrogen-bond donors (Lipinski definition) is 2. The van der Waals surface area contributed by atoms with Crippen molar-refractivity contribution in [2.24, 2.45) is 0 Å². The maximum atomic E-state index is 12.3. The zero-order chi connectivity index (χ0) is 18.7. The molecular formula is C16H14N4O3S2. The molecule has 128 valence electrons. The molecule has 0 saturated carbocycles. The number of hydrogen-bond acceptors (Lipinski definition) is 6. The van der Waals surface area contributed by atoms with E-state index in [0.717, 1.165) is 10.4 Å². The van der Waals surface area contributed by atoms with Crippen molar-refractivity contribution in [2.45, 2.75) is 20.8 Å². The van der Waals surface area contributed by atoms with E-state index in [0.29, 0.717) is 10.6 Å². The van der Waals surface area contributed by atoms with Crippen molar-refractivity contribution in [2.75, 3.05) is 5.32 Å². The van der Waals surface area contributed by atoms with Crippen LogP contribution in [0.2, 0.25) is 0 Å². The average molecular weight is 374 g/mol. The molecule has 0 spiro atoms. The minimum Gasteiger partial charge on any atom is -0.323 e. The van der Waals surface area contributed by atoms with E-state index in [9.17, 15) is 20.2 Å².